The summed E-state index contributed by atoms with van der Waals surface area (Å²) in [7, 11) is 0. The lowest BCUT2D eigenvalue weighted by Gasteiger charge is -2.09. The average molecular weight is 413 g/mol. The molecule has 0 saturated carbocycles. The van der Waals surface area contributed by atoms with Crippen molar-refractivity contribution in [2.45, 2.75) is 0 Å². The zero-order valence-corrected chi connectivity index (χ0v) is 14.7. The standard InChI is InChI=1S/C13H6Cl5N3O2/c14-6-2-1-5(3-7(6)15)4-19-21-10-8(16)11(13(22)23)20-12(18)9(10)17/h1-4H,(H,20,21)(H,22,23). The fourth-order valence-corrected chi connectivity index (χ4v) is 2.49. The lowest BCUT2D eigenvalue weighted by Crippen LogP contribution is -2.05. The highest BCUT2D eigenvalue weighted by Gasteiger charge is 2.20. The molecule has 5 nitrogen and oxygen atoms in total. The van der Waals surface area contributed by atoms with Crippen LogP contribution in [-0.4, -0.2) is 22.3 Å². The molecule has 0 aliphatic carbocycles. The van der Waals surface area contributed by atoms with Gasteiger partial charge in [0.25, 0.3) is 0 Å². The van der Waals surface area contributed by atoms with E-state index in [2.05, 4.69) is 15.5 Å². The summed E-state index contributed by atoms with van der Waals surface area (Å²) in [5, 5.41) is 13.3. The molecule has 0 radical (unpaired) electrons. The van der Waals surface area contributed by atoms with E-state index in [1.54, 1.807) is 18.2 Å². The highest BCUT2D eigenvalue weighted by Crippen LogP contribution is 2.36. The van der Waals surface area contributed by atoms with Crippen molar-refractivity contribution in [1.82, 2.24) is 4.98 Å². The van der Waals surface area contributed by atoms with Crippen molar-refractivity contribution in [3.05, 3.63) is 54.7 Å². The number of nitrogens with zero attached hydrogens (tertiary/aromatic N) is 2. The fourth-order valence-electron chi connectivity index (χ4n) is 1.52. The number of rotatable bonds is 4. The Bertz CT molecular complexity index is 811. The number of carboxylic acids is 1. The number of anilines is 1. The third kappa shape index (κ3) is 4.19. The first-order valence-corrected chi connectivity index (χ1v) is 7.72. The second-order valence-corrected chi connectivity index (χ2v) is 6.03. The van der Waals surface area contributed by atoms with Crippen molar-refractivity contribution < 1.29 is 9.90 Å². The Morgan fingerprint density at radius 2 is 1.83 bits per heavy atom. The molecule has 0 aliphatic rings. The average Bonchev–Trinajstić information content (AvgIpc) is 2.49. The summed E-state index contributed by atoms with van der Waals surface area (Å²) in [5.41, 5.74) is 2.79. The summed E-state index contributed by atoms with van der Waals surface area (Å²) in [6.45, 7) is 0. The van der Waals surface area contributed by atoms with E-state index in [4.69, 9.17) is 63.1 Å². The molecule has 0 unspecified atom stereocenters. The Labute approximate surface area is 155 Å². The van der Waals surface area contributed by atoms with Gasteiger partial charge in [-0.25, -0.2) is 9.78 Å². The van der Waals surface area contributed by atoms with E-state index >= 15 is 0 Å². The summed E-state index contributed by atoms with van der Waals surface area (Å²) in [4.78, 5) is 14.7. The Kier molecular flexibility index (Phi) is 5.95. The molecule has 0 aliphatic heterocycles. The largest absolute Gasteiger partial charge is 0.476 e. The molecular weight excluding hydrogens is 407 g/mol. The number of hydrazone groups is 1. The molecule has 2 rings (SSSR count). The molecule has 1 aromatic heterocycles. The van der Waals surface area contributed by atoms with E-state index in [1.807, 2.05) is 0 Å². The zero-order valence-electron chi connectivity index (χ0n) is 10.9. The van der Waals surface area contributed by atoms with Gasteiger partial charge in [0.1, 0.15) is 10.0 Å². The maximum Gasteiger partial charge on any atom is 0.356 e. The predicted molar refractivity (Wildman–Crippen MR) is 93.9 cm³/mol. The van der Waals surface area contributed by atoms with E-state index in [9.17, 15) is 4.79 Å². The Balaban J connectivity index is 2.31. The predicted octanol–water partition coefficient (Wildman–Crippen LogP) is 5.49. The summed E-state index contributed by atoms with van der Waals surface area (Å²) in [6.07, 6.45) is 1.42. The van der Waals surface area contributed by atoms with Crippen molar-refractivity contribution in [3.63, 3.8) is 0 Å². The quantitative estimate of drug-likeness (QED) is 0.395. The highest BCUT2D eigenvalue weighted by atomic mass is 35.5. The molecule has 10 heteroatoms. The second-order valence-electron chi connectivity index (χ2n) is 4.10. The Morgan fingerprint density at radius 1 is 1.13 bits per heavy atom. The molecule has 2 aromatic rings. The SMILES string of the molecule is O=C(O)c1nc(Cl)c(Cl)c(NN=Cc2ccc(Cl)c(Cl)c2)c1Cl. The van der Waals surface area contributed by atoms with Gasteiger partial charge in [-0.05, 0) is 17.7 Å². The Hall–Kier alpha value is -1.24. The van der Waals surface area contributed by atoms with Gasteiger partial charge in [-0.3, -0.25) is 5.43 Å². The molecule has 0 atom stereocenters. The number of benzene rings is 1. The normalized spacial score (nSPS) is 11.0. The minimum Gasteiger partial charge on any atom is -0.476 e. The van der Waals surface area contributed by atoms with Crippen molar-refractivity contribution in [2.75, 3.05) is 5.43 Å². The molecule has 1 aromatic carbocycles. The van der Waals surface area contributed by atoms with Gasteiger partial charge in [-0.2, -0.15) is 5.10 Å². The molecule has 0 saturated heterocycles. The van der Waals surface area contributed by atoms with Gasteiger partial charge in [0.2, 0.25) is 0 Å². The molecule has 0 bridgehead atoms. The van der Waals surface area contributed by atoms with Crippen LogP contribution >= 0.6 is 58.0 Å². The summed E-state index contributed by atoms with van der Waals surface area (Å²) >= 11 is 29.4. The van der Waals surface area contributed by atoms with Crippen LogP contribution in [0.15, 0.2) is 23.3 Å². The van der Waals surface area contributed by atoms with Crippen LogP contribution in [-0.2, 0) is 0 Å². The van der Waals surface area contributed by atoms with Crippen LogP contribution in [0.1, 0.15) is 16.1 Å². The van der Waals surface area contributed by atoms with Crippen molar-refractivity contribution >= 4 is 75.9 Å². The minimum atomic E-state index is -1.34. The van der Waals surface area contributed by atoms with Crippen molar-refractivity contribution in [1.29, 1.82) is 0 Å². The number of pyridine rings is 1. The van der Waals surface area contributed by atoms with Crippen LogP contribution in [0.4, 0.5) is 5.69 Å². The van der Waals surface area contributed by atoms with Crippen LogP contribution in [0.25, 0.3) is 0 Å². The van der Waals surface area contributed by atoms with Gasteiger partial charge >= 0.3 is 5.97 Å². The molecule has 2 N–H and O–H groups in total. The van der Waals surface area contributed by atoms with Crippen LogP contribution in [0.2, 0.25) is 25.2 Å². The molecule has 0 amide bonds. The van der Waals surface area contributed by atoms with Crippen LogP contribution in [0.3, 0.4) is 0 Å². The minimum absolute atomic E-state index is 0.0297. The number of carboxylic acid groups (broad SMARTS) is 1. The topological polar surface area (TPSA) is 74.6 Å². The van der Waals surface area contributed by atoms with E-state index < -0.39 is 11.7 Å². The van der Waals surface area contributed by atoms with Gasteiger partial charge in [0, 0.05) is 0 Å². The van der Waals surface area contributed by atoms with Crippen molar-refractivity contribution in [2.24, 2.45) is 5.10 Å². The first-order valence-electron chi connectivity index (χ1n) is 5.83. The van der Waals surface area contributed by atoms with Gasteiger partial charge in [-0.15, -0.1) is 0 Å². The van der Waals surface area contributed by atoms with Gasteiger partial charge < -0.3 is 5.11 Å². The number of aromatic nitrogens is 1. The number of carbonyl (C=O) groups is 1. The van der Waals surface area contributed by atoms with E-state index in [-0.39, 0.29) is 20.9 Å². The first kappa shape index (κ1) is 18.1. The second kappa shape index (κ2) is 7.55. The molecule has 23 heavy (non-hydrogen) atoms. The number of aromatic carboxylic acids is 1. The van der Waals surface area contributed by atoms with Crippen LogP contribution < -0.4 is 5.43 Å². The van der Waals surface area contributed by atoms with Gasteiger partial charge in [0.15, 0.2) is 10.8 Å². The molecule has 0 fully saturated rings. The smallest absolute Gasteiger partial charge is 0.356 e. The highest BCUT2D eigenvalue weighted by molar-refractivity contribution is 6.46. The third-order valence-electron chi connectivity index (χ3n) is 2.57. The van der Waals surface area contributed by atoms with Gasteiger partial charge in [-0.1, -0.05) is 64.1 Å². The van der Waals surface area contributed by atoms with Crippen molar-refractivity contribution in [3.8, 4) is 0 Å². The van der Waals surface area contributed by atoms with Crippen LogP contribution in [0.5, 0.6) is 0 Å². The molecule has 1 heterocycles. The van der Waals surface area contributed by atoms with Gasteiger partial charge in [0.05, 0.1) is 21.9 Å². The first-order chi connectivity index (χ1) is 10.8. The lowest BCUT2D eigenvalue weighted by molar-refractivity contribution is 0.0691. The summed E-state index contributed by atoms with van der Waals surface area (Å²) in [5.74, 6) is -1.34. The maximum absolute atomic E-state index is 11.1. The molecule has 120 valence electrons. The van der Waals surface area contributed by atoms with E-state index in [0.717, 1.165) is 0 Å². The summed E-state index contributed by atoms with van der Waals surface area (Å²) < 4.78 is 0. The maximum atomic E-state index is 11.1. The molecule has 0 spiro atoms. The number of hydrogen-bond acceptors (Lipinski definition) is 4. The van der Waals surface area contributed by atoms with Crippen LogP contribution in [0, 0.1) is 0 Å². The van der Waals surface area contributed by atoms with E-state index in [0.29, 0.717) is 15.6 Å². The third-order valence-corrected chi connectivity index (χ3v) is 4.42. The number of halogens is 5. The zero-order chi connectivity index (χ0) is 17.1. The Morgan fingerprint density at radius 3 is 2.43 bits per heavy atom. The lowest BCUT2D eigenvalue weighted by atomic mass is 10.2. The molecular formula is C13H6Cl5N3O2. The van der Waals surface area contributed by atoms with E-state index in [1.165, 1.54) is 6.21 Å². The monoisotopic (exact) mass is 411 g/mol. The number of hydrogen-bond donors (Lipinski definition) is 2. The fraction of sp³-hybridized carbons (Fsp3) is 0. The number of nitrogens with one attached hydrogen (secondary N) is 1. The summed E-state index contributed by atoms with van der Waals surface area (Å²) in [6, 6.07) is 4.89.